The Morgan fingerprint density at radius 1 is 1.07 bits per heavy atom. The van der Waals surface area contributed by atoms with Crippen LogP contribution in [-0.2, 0) is 19.6 Å². The van der Waals surface area contributed by atoms with E-state index in [0.29, 0.717) is 0 Å². The predicted molar refractivity (Wildman–Crippen MR) is 112 cm³/mol. The van der Waals surface area contributed by atoms with Crippen molar-refractivity contribution in [3.05, 3.63) is 60.2 Å². The molecule has 2 aromatic rings. The Bertz CT molecular complexity index is 1070. The molecule has 2 amide bonds. The number of anilines is 1. The number of ether oxygens (including phenoxy) is 1. The molecule has 1 heterocycles. The van der Waals surface area contributed by atoms with Crippen molar-refractivity contribution in [2.45, 2.75) is 30.9 Å². The predicted octanol–water partition coefficient (Wildman–Crippen LogP) is 2.19. The Balaban J connectivity index is 1.73. The number of sulfonamides is 1. The van der Waals surface area contributed by atoms with Gasteiger partial charge in [-0.15, -0.1) is 4.40 Å². The van der Waals surface area contributed by atoms with Crippen LogP contribution in [0.25, 0.3) is 0 Å². The lowest BCUT2D eigenvalue weighted by atomic mass is 10.1. The fraction of sp³-hybridized carbons (Fsp3) is 0.250. The first kappa shape index (κ1) is 21.3. The zero-order valence-electron chi connectivity index (χ0n) is 16.5. The van der Waals surface area contributed by atoms with Crippen LogP contribution in [-0.4, -0.2) is 38.9 Å². The third-order valence-electron chi connectivity index (χ3n) is 4.15. The molecule has 2 aromatic carbocycles. The highest BCUT2D eigenvalue weighted by atomic mass is 32.2. The SMILES string of the molecule is CC(C)OC(=O)NC(CNC(=O)C1=NS(=O)(=O)c2ccccc2N1)c1ccccc1. The van der Waals surface area contributed by atoms with Gasteiger partial charge in [0.05, 0.1) is 17.8 Å². The molecule has 3 rings (SSSR count). The smallest absolute Gasteiger partial charge is 0.407 e. The second-order valence-electron chi connectivity index (χ2n) is 6.81. The van der Waals surface area contributed by atoms with E-state index in [1.54, 1.807) is 56.3 Å². The number of para-hydroxylation sites is 1. The highest BCUT2D eigenvalue weighted by molar-refractivity contribution is 7.90. The summed E-state index contributed by atoms with van der Waals surface area (Å²) in [6.45, 7) is 3.45. The van der Waals surface area contributed by atoms with Crippen LogP contribution >= 0.6 is 0 Å². The molecule has 1 unspecified atom stereocenters. The van der Waals surface area contributed by atoms with E-state index < -0.39 is 28.1 Å². The van der Waals surface area contributed by atoms with Crippen LogP contribution in [0.3, 0.4) is 0 Å². The standard InChI is InChI=1S/C20H22N4O5S/c1-13(2)29-20(26)23-16(14-8-4-3-5-9-14)12-21-19(25)18-22-15-10-6-7-11-17(15)30(27,28)24-18/h3-11,13,16H,12H2,1-2H3,(H,21,25)(H,22,24)(H,23,26). The number of benzene rings is 2. The van der Waals surface area contributed by atoms with Crippen molar-refractivity contribution >= 4 is 33.5 Å². The van der Waals surface area contributed by atoms with E-state index in [-0.39, 0.29) is 29.1 Å². The number of carbonyl (C=O) groups excluding carboxylic acids is 2. The van der Waals surface area contributed by atoms with Gasteiger partial charge in [0.1, 0.15) is 4.90 Å². The number of amidine groups is 1. The van der Waals surface area contributed by atoms with Crippen molar-refractivity contribution < 1.29 is 22.7 Å². The normalized spacial score (nSPS) is 15.2. The number of carbonyl (C=O) groups is 2. The van der Waals surface area contributed by atoms with E-state index in [4.69, 9.17) is 4.74 Å². The maximum atomic E-state index is 12.6. The van der Waals surface area contributed by atoms with E-state index in [0.717, 1.165) is 5.56 Å². The number of hydrogen-bond acceptors (Lipinski definition) is 6. The van der Waals surface area contributed by atoms with Crippen molar-refractivity contribution in [2.75, 3.05) is 11.9 Å². The van der Waals surface area contributed by atoms with Gasteiger partial charge < -0.3 is 20.7 Å². The van der Waals surface area contributed by atoms with Gasteiger partial charge in [-0.05, 0) is 31.5 Å². The second-order valence-corrected chi connectivity index (χ2v) is 8.38. The number of amides is 2. The van der Waals surface area contributed by atoms with Crippen molar-refractivity contribution in [3.8, 4) is 0 Å². The average Bonchev–Trinajstić information content (AvgIpc) is 2.70. The topological polar surface area (TPSA) is 126 Å². The lowest BCUT2D eigenvalue weighted by Gasteiger charge is -2.22. The number of fused-ring (bicyclic) bond motifs is 1. The van der Waals surface area contributed by atoms with Crippen LogP contribution in [0.15, 0.2) is 63.9 Å². The summed E-state index contributed by atoms with van der Waals surface area (Å²) in [5.74, 6) is -1.06. The van der Waals surface area contributed by atoms with Gasteiger partial charge in [-0.1, -0.05) is 42.5 Å². The molecule has 158 valence electrons. The number of rotatable bonds is 6. The third kappa shape index (κ3) is 5.15. The summed E-state index contributed by atoms with van der Waals surface area (Å²) in [6.07, 6.45) is -0.931. The minimum absolute atomic E-state index is 0.00155. The Morgan fingerprint density at radius 3 is 2.43 bits per heavy atom. The molecule has 0 bridgehead atoms. The Morgan fingerprint density at radius 2 is 1.73 bits per heavy atom. The molecule has 0 radical (unpaired) electrons. The summed E-state index contributed by atoms with van der Waals surface area (Å²) in [5.41, 5.74) is 1.02. The summed E-state index contributed by atoms with van der Waals surface area (Å²) >= 11 is 0. The van der Waals surface area contributed by atoms with Gasteiger partial charge in [-0.25, -0.2) is 4.79 Å². The van der Waals surface area contributed by atoms with Crippen LogP contribution in [0.4, 0.5) is 10.5 Å². The van der Waals surface area contributed by atoms with E-state index in [1.807, 2.05) is 6.07 Å². The van der Waals surface area contributed by atoms with Crippen molar-refractivity contribution in [1.29, 1.82) is 0 Å². The van der Waals surface area contributed by atoms with E-state index in [1.165, 1.54) is 6.07 Å². The van der Waals surface area contributed by atoms with Crippen LogP contribution in [0.5, 0.6) is 0 Å². The van der Waals surface area contributed by atoms with Crippen LogP contribution in [0, 0.1) is 0 Å². The van der Waals surface area contributed by atoms with Gasteiger partial charge in [0, 0.05) is 6.54 Å². The highest BCUT2D eigenvalue weighted by Gasteiger charge is 2.28. The van der Waals surface area contributed by atoms with Crippen molar-refractivity contribution in [3.63, 3.8) is 0 Å². The Labute approximate surface area is 174 Å². The molecule has 1 aliphatic heterocycles. The van der Waals surface area contributed by atoms with Gasteiger partial charge >= 0.3 is 6.09 Å². The number of alkyl carbamates (subject to hydrolysis) is 1. The molecule has 0 saturated heterocycles. The molecule has 0 aliphatic carbocycles. The third-order valence-corrected chi connectivity index (χ3v) is 5.48. The second kappa shape index (κ2) is 8.95. The molecule has 9 nitrogen and oxygen atoms in total. The monoisotopic (exact) mass is 430 g/mol. The zero-order chi connectivity index (χ0) is 21.7. The molecule has 10 heteroatoms. The molecular formula is C20H22N4O5S. The quantitative estimate of drug-likeness (QED) is 0.645. The van der Waals surface area contributed by atoms with Gasteiger partial charge in [0.2, 0.25) is 5.84 Å². The van der Waals surface area contributed by atoms with Crippen molar-refractivity contribution in [1.82, 2.24) is 10.6 Å². The fourth-order valence-corrected chi connectivity index (χ4v) is 3.93. The molecule has 1 aliphatic rings. The van der Waals surface area contributed by atoms with Gasteiger partial charge in [0.25, 0.3) is 15.9 Å². The summed E-state index contributed by atoms with van der Waals surface area (Å²) < 4.78 is 33.3. The Kier molecular flexibility index (Phi) is 6.36. The molecule has 0 aromatic heterocycles. The average molecular weight is 430 g/mol. The summed E-state index contributed by atoms with van der Waals surface area (Å²) in [5, 5.41) is 8.04. The first-order valence-corrected chi connectivity index (χ1v) is 10.7. The minimum atomic E-state index is -3.98. The van der Waals surface area contributed by atoms with E-state index in [9.17, 15) is 18.0 Å². The van der Waals surface area contributed by atoms with Gasteiger partial charge in [0.15, 0.2) is 0 Å². The molecule has 1 atom stereocenters. The van der Waals surface area contributed by atoms with Crippen LogP contribution in [0.1, 0.15) is 25.5 Å². The number of nitrogens with one attached hydrogen (secondary N) is 3. The van der Waals surface area contributed by atoms with E-state index in [2.05, 4.69) is 20.3 Å². The van der Waals surface area contributed by atoms with Crippen LogP contribution < -0.4 is 16.0 Å². The summed E-state index contributed by atoms with van der Waals surface area (Å²) in [6, 6.07) is 14.6. The molecular weight excluding hydrogens is 408 g/mol. The fourth-order valence-electron chi connectivity index (χ4n) is 2.82. The van der Waals surface area contributed by atoms with Crippen LogP contribution in [0.2, 0.25) is 0 Å². The minimum Gasteiger partial charge on any atom is -0.447 e. The molecule has 0 fully saturated rings. The van der Waals surface area contributed by atoms with Gasteiger partial charge in [-0.2, -0.15) is 8.42 Å². The maximum absolute atomic E-state index is 12.6. The number of nitrogens with zero attached hydrogens (tertiary/aromatic N) is 1. The molecule has 0 spiro atoms. The Hall–Kier alpha value is -3.40. The molecule has 30 heavy (non-hydrogen) atoms. The molecule has 3 N–H and O–H groups in total. The summed E-state index contributed by atoms with van der Waals surface area (Å²) in [7, 11) is -3.98. The zero-order valence-corrected chi connectivity index (χ0v) is 17.3. The van der Waals surface area contributed by atoms with E-state index >= 15 is 0 Å². The lowest BCUT2D eigenvalue weighted by Crippen LogP contribution is -2.43. The summed E-state index contributed by atoms with van der Waals surface area (Å²) in [4.78, 5) is 24.6. The van der Waals surface area contributed by atoms with Gasteiger partial charge in [-0.3, -0.25) is 4.79 Å². The number of hydrogen-bond donors (Lipinski definition) is 3. The first-order valence-electron chi connectivity index (χ1n) is 9.27. The lowest BCUT2D eigenvalue weighted by molar-refractivity contribution is -0.114. The first-order chi connectivity index (χ1) is 14.3. The maximum Gasteiger partial charge on any atom is 0.407 e. The molecule has 0 saturated carbocycles. The highest BCUT2D eigenvalue weighted by Crippen LogP contribution is 2.26. The largest absolute Gasteiger partial charge is 0.447 e. The van der Waals surface area contributed by atoms with Crippen molar-refractivity contribution in [2.24, 2.45) is 4.40 Å².